The molecule has 1 aromatic carbocycles. The Kier molecular flexibility index (Phi) is 4.54. The minimum absolute atomic E-state index is 0.170. The molecule has 2 N–H and O–H groups in total. The summed E-state index contributed by atoms with van der Waals surface area (Å²) < 4.78 is 5.05. The Bertz CT molecular complexity index is 494. The Balaban J connectivity index is 1.99. The summed E-state index contributed by atoms with van der Waals surface area (Å²) in [7, 11) is 1.58. The summed E-state index contributed by atoms with van der Waals surface area (Å²) in [5.41, 5.74) is -0.275. The molecule has 0 spiro atoms. The molecule has 1 aliphatic heterocycles. The zero-order valence-electron chi connectivity index (χ0n) is 11.2. The van der Waals surface area contributed by atoms with Crippen molar-refractivity contribution < 1.29 is 19.4 Å². The lowest BCUT2D eigenvalue weighted by molar-refractivity contribution is -0.146. The largest absolute Gasteiger partial charge is 0.497 e. The molecule has 1 aliphatic rings. The number of carboxylic acids is 1. The van der Waals surface area contributed by atoms with Crippen molar-refractivity contribution in [2.45, 2.75) is 18.4 Å². The van der Waals surface area contributed by atoms with Crippen LogP contribution in [0.2, 0.25) is 0 Å². The van der Waals surface area contributed by atoms with Crippen molar-refractivity contribution in [3.63, 3.8) is 0 Å². The van der Waals surface area contributed by atoms with Gasteiger partial charge in [0, 0.05) is 5.75 Å². The summed E-state index contributed by atoms with van der Waals surface area (Å²) in [4.78, 5) is 23.4. The second-order valence-electron chi connectivity index (χ2n) is 4.76. The van der Waals surface area contributed by atoms with Crippen molar-refractivity contribution in [1.29, 1.82) is 0 Å². The number of carbonyl (C=O) groups excluding carboxylic acids is 1. The van der Waals surface area contributed by atoms with Gasteiger partial charge in [-0.25, -0.2) is 4.79 Å². The van der Waals surface area contributed by atoms with E-state index in [-0.39, 0.29) is 12.3 Å². The summed E-state index contributed by atoms with van der Waals surface area (Å²) in [6, 6.07) is 7.16. The number of methoxy groups -OCH3 is 1. The average molecular weight is 295 g/mol. The van der Waals surface area contributed by atoms with Gasteiger partial charge in [0.05, 0.1) is 13.5 Å². The SMILES string of the molecule is COc1ccc(CC(=O)N[C@@]2(C(=O)O)CCSC2)cc1. The summed E-state index contributed by atoms with van der Waals surface area (Å²) in [6.45, 7) is 0. The monoisotopic (exact) mass is 295 g/mol. The van der Waals surface area contributed by atoms with Crippen LogP contribution in [0.15, 0.2) is 24.3 Å². The van der Waals surface area contributed by atoms with E-state index in [4.69, 9.17) is 4.74 Å². The van der Waals surface area contributed by atoms with Crippen LogP contribution in [0.5, 0.6) is 5.75 Å². The lowest BCUT2D eigenvalue weighted by Crippen LogP contribution is -2.55. The van der Waals surface area contributed by atoms with Gasteiger partial charge in [0.15, 0.2) is 0 Å². The van der Waals surface area contributed by atoms with Crippen LogP contribution in [0, 0.1) is 0 Å². The maximum absolute atomic E-state index is 12.0. The summed E-state index contributed by atoms with van der Waals surface area (Å²) >= 11 is 1.55. The lowest BCUT2D eigenvalue weighted by atomic mass is 9.98. The van der Waals surface area contributed by atoms with E-state index in [2.05, 4.69) is 5.32 Å². The van der Waals surface area contributed by atoms with Gasteiger partial charge in [0.1, 0.15) is 11.3 Å². The average Bonchev–Trinajstić information content (AvgIpc) is 2.89. The van der Waals surface area contributed by atoms with E-state index in [1.165, 1.54) is 0 Å². The number of carbonyl (C=O) groups is 2. The highest BCUT2D eigenvalue weighted by Crippen LogP contribution is 2.28. The van der Waals surface area contributed by atoms with Crippen molar-refractivity contribution in [2.75, 3.05) is 18.6 Å². The highest BCUT2D eigenvalue weighted by Gasteiger charge is 2.43. The molecule has 0 saturated carbocycles. The van der Waals surface area contributed by atoms with E-state index in [9.17, 15) is 14.7 Å². The molecule has 1 amide bonds. The number of benzene rings is 1. The fourth-order valence-corrected chi connectivity index (χ4v) is 3.45. The van der Waals surface area contributed by atoms with Crippen LogP contribution in [0.1, 0.15) is 12.0 Å². The highest BCUT2D eigenvalue weighted by molar-refractivity contribution is 7.99. The molecule has 0 bridgehead atoms. The third-order valence-corrected chi connectivity index (χ3v) is 4.52. The van der Waals surface area contributed by atoms with Gasteiger partial charge in [-0.05, 0) is 29.9 Å². The molecule has 0 radical (unpaired) electrons. The van der Waals surface area contributed by atoms with E-state index in [1.807, 2.05) is 0 Å². The van der Waals surface area contributed by atoms with Gasteiger partial charge in [0.25, 0.3) is 0 Å². The third-order valence-electron chi connectivity index (χ3n) is 3.33. The fraction of sp³-hybridized carbons (Fsp3) is 0.429. The summed E-state index contributed by atoms with van der Waals surface area (Å²) in [5, 5.41) is 12.0. The van der Waals surface area contributed by atoms with Crippen LogP contribution in [-0.2, 0) is 16.0 Å². The maximum Gasteiger partial charge on any atom is 0.330 e. The van der Waals surface area contributed by atoms with Gasteiger partial charge in [-0.15, -0.1) is 0 Å². The topological polar surface area (TPSA) is 75.6 Å². The van der Waals surface area contributed by atoms with Crippen LogP contribution < -0.4 is 10.1 Å². The number of thioether (sulfide) groups is 1. The third kappa shape index (κ3) is 3.25. The molecular formula is C14H17NO4S. The van der Waals surface area contributed by atoms with Gasteiger partial charge in [0.2, 0.25) is 5.91 Å². The van der Waals surface area contributed by atoms with E-state index in [0.717, 1.165) is 17.1 Å². The number of hydrogen-bond donors (Lipinski definition) is 2. The molecule has 6 heteroatoms. The molecule has 0 unspecified atom stereocenters. The maximum atomic E-state index is 12.0. The first-order valence-corrected chi connectivity index (χ1v) is 7.46. The fourth-order valence-electron chi connectivity index (χ4n) is 2.13. The van der Waals surface area contributed by atoms with Gasteiger partial charge in [-0.1, -0.05) is 12.1 Å². The predicted octanol–water partition coefficient (Wildman–Crippen LogP) is 1.31. The zero-order chi connectivity index (χ0) is 14.6. The van der Waals surface area contributed by atoms with Gasteiger partial charge in [-0.2, -0.15) is 11.8 Å². The minimum atomic E-state index is -1.10. The summed E-state index contributed by atoms with van der Waals surface area (Å²) in [5.74, 6) is 0.695. The van der Waals surface area contributed by atoms with Crippen molar-refractivity contribution in [2.24, 2.45) is 0 Å². The van der Waals surface area contributed by atoms with Crippen molar-refractivity contribution >= 4 is 23.6 Å². The molecule has 2 rings (SSSR count). The number of nitrogens with one attached hydrogen (secondary N) is 1. The molecule has 0 aliphatic carbocycles. The number of hydrogen-bond acceptors (Lipinski definition) is 4. The first kappa shape index (κ1) is 14.7. The van der Waals surface area contributed by atoms with Crippen molar-refractivity contribution in [3.05, 3.63) is 29.8 Å². The molecule has 1 atom stereocenters. The number of ether oxygens (including phenoxy) is 1. The minimum Gasteiger partial charge on any atom is -0.497 e. The predicted molar refractivity (Wildman–Crippen MR) is 77.1 cm³/mol. The number of amides is 1. The molecule has 0 aromatic heterocycles. The number of rotatable bonds is 5. The van der Waals surface area contributed by atoms with E-state index in [0.29, 0.717) is 12.2 Å². The molecule has 5 nitrogen and oxygen atoms in total. The van der Waals surface area contributed by atoms with E-state index in [1.54, 1.807) is 43.1 Å². The van der Waals surface area contributed by atoms with Gasteiger partial charge >= 0.3 is 5.97 Å². The first-order chi connectivity index (χ1) is 9.55. The number of carboxylic acid groups (broad SMARTS) is 1. The Morgan fingerprint density at radius 1 is 1.40 bits per heavy atom. The van der Waals surface area contributed by atoms with Crippen molar-refractivity contribution in [3.8, 4) is 5.75 Å². The quantitative estimate of drug-likeness (QED) is 0.856. The van der Waals surface area contributed by atoms with Crippen LogP contribution in [0.25, 0.3) is 0 Å². The van der Waals surface area contributed by atoms with Crippen LogP contribution in [0.3, 0.4) is 0 Å². The molecule has 20 heavy (non-hydrogen) atoms. The Morgan fingerprint density at radius 2 is 2.10 bits per heavy atom. The second kappa shape index (κ2) is 6.17. The van der Waals surface area contributed by atoms with Crippen LogP contribution in [-0.4, -0.2) is 41.1 Å². The molecule has 108 valence electrons. The second-order valence-corrected chi connectivity index (χ2v) is 5.87. The smallest absolute Gasteiger partial charge is 0.330 e. The lowest BCUT2D eigenvalue weighted by Gasteiger charge is -2.24. The van der Waals surface area contributed by atoms with Gasteiger partial charge in [-0.3, -0.25) is 4.79 Å². The molecule has 1 saturated heterocycles. The van der Waals surface area contributed by atoms with E-state index >= 15 is 0 Å². The standard InChI is InChI=1S/C14H17NO4S/c1-19-11-4-2-10(3-5-11)8-12(16)15-14(13(17)18)6-7-20-9-14/h2-5H,6-9H2,1H3,(H,15,16)(H,17,18)/t14-/m0/s1. The van der Waals surface area contributed by atoms with E-state index < -0.39 is 11.5 Å². The Labute approximate surface area is 121 Å². The Morgan fingerprint density at radius 3 is 2.60 bits per heavy atom. The van der Waals surface area contributed by atoms with Crippen LogP contribution >= 0.6 is 11.8 Å². The van der Waals surface area contributed by atoms with Gasteiger partial charge < -0.3 is 15.2 Å². The summed E-state index contributed by atoms with van der Waals surface area (Å²) in [6.07, 6.45) is 0.644. The number of aliphatic carboxylic acids is 1. The molecule has 1 aromatic rings. The zero-order valence-corrected chi connectivity index (χ0v) is 12.0. The molecule has 1 heterocycles. The highest BCUT2D eigenvalue weighted by atomic mass is 32.2. The molecule has 1 fully saturated rings. The Hall–Kier alpha value is -1.69. The first-order valence-electron chi connectivity index (χ1n) is 6.31. The normalized spacial score (nSPS) is 21.4. The van der Waals surface area contributed by atoms with Crippen LogP contribution in [0.4, 0.5) is 0 Å². The van der Waals surface area contributed by atoms with Crippen molar-refractivity contribution in [1.82, 2.24) is 5.32 Å². The molecular weight excluding hydrogens is 278 g/mol.